The number of Topliss-reactive ketones (excluding diaryl/α,β-unsaturated/α-hetero) is 1. The Hall–Kier alpha value is -2.93. The highest BCUT2D eigenvalue weighted by atomic mass is 16.5. The summed E-state index contributed by atoms with van der Waals surface area (Å²) < 4.78 is 5.77. The van der Waals surface area contributed by atoms with E-state index in [9.17, 15) is 15.0 Å². The fraction of sp³-hybridized carbons (Fsp3) is 0.346. The van der Waals surface area contributed by atoms with Crippen molar-refractivity contribution in [3.63, 3.8) is 0 Å². The molecule has 32 heavy (non-hydrogen) atoms. The van der Waals surface area contributed by atoms with Gasteiger partial charge in [0.25, 0.3) is 0 Å². The third-order valence-corrected chi connectivity index (χ3v) is 5.15. The van der Waals surface area contributed by atoms with Gasteiger partial charge in [-0.2, -0.15) is 0 Å². The normalized spacial score (nSPS) is 12.8. The summed E-state index contributed by atoms with van der Waals surface area (Å²) in [5.74, 6) is 0.909. The second-order valence-corrected chi connectivity index (χ2v) is 7.66. The first-order valence-electron chi connectivity index (χ1n) is 10.8. The summed E-state index contributed by atoms with van der Waals surface area (Å²) >= 11 is 0. The molecule has 2 unspecified atom stereocenters. The Morgan fingerprint density at radius 2 is 1.72 bits per heavy atom. The number of rotatable bonds is 15. The zero-order valence-corrected chi connectivity index (χ0v) is 18.7. The molecule has 0 amide bonds. The molecular weight excluding hydrogens is 404 g/mol. The minimum absolute atomic E-state index is 0.0264. The molecule has 6 heteroatoms. The predicted molar refractivity (Wildman–Crippen MR) is 128 cm³/mol. The first-order chi connectivity index (χ1) is 15.4. The molecule has 2 atom stereocenters. The summed E-state index contributed by atoms with van der Waals surface area (Å²) in [6, 6.07) is 13.4. The first-order valence-corrected chi connectivity index (χ1v) is 10.8. The van der Waals surface area contributed by atoms with E-state index < -0.39 is 6.10 Å². The number of nitrogens with one attached hydrogen (secondary N) is 1. The zero-order chi connectivity index (χ0) is 23.3. The standard InChI is InChI=1S/C26H34N2O4/c1-4-16-28(17-5-2)18-19-32-24-12-8-21(9-13-24)25(30)14-15-27-20(3)26(31)22-6-10-23(29)11-7-22/h4-13,20,26-27,29,31H,1-2,14-19H2,3H3. The number of nitrogens with zero attached hydrogens (tertiary/aromatic N) is 1. The molecule has 6 nitrogen and oxygen atoms in total. The van der Waals surface area contributed by atoms with Crippen molar-refractivity contribution in [1.29, 1.82) is 0 Å². The lowest BCUT2D eigenvalue weighted by Crippen LogP contribution is -2.33. The van der Waals surface area contributed by atoms with Gasteiger partial charge in [-0.1, -0.05) is 24.3 Å². The van der Waals surface area contributed by atoms with Gasteiger partial charge < -0.3 is 20.3 Å². The molecule has 0 saturated carbocycles. The number of carbonyl (C=O) groups excluding carboxylic acids is 1. The van der Waals surface area contributed by atoms with Crippen LogP contribution >= 0.6 is 0 Å². The number of hydrogen-bond acceptors (Lipinski definition) is 6. The van der Waals surface area contributed by atoms with Crippen LogP contribution in [0.2, 0.25) is 0 Å². The van der Waals surface area contributed by atoms with Crippen molar-refractivity contribution in [3.05, 3.63) is 85.0 Å². The van der Waals surface area contributed by atoms with E-state index in [1.807, 2.05) is 31.2 Å². The third kappa shape index (κ3) is 8.30. The summed E-state index contributed by atoms with van der Waals surface area (Å²) in [4.78, 5) is 14.6. The van der Waals surface area contributed by atoms with Gasteiger partial charge in [-0.25, -0.2) is 0 Å². The highest BCUT2D eigenvalue weighted by Gasteiger charge is 2.16. The minimum atomic E-state index is -0.726. The maximum absolute atomic E-state index is 12.5. The van der Waals surface area contributed by atoms with Gasteiger partial charge in [0.2, 0.25) is 0 Å². The second kappa shape index (κ2) is 13.5. The number of benzene rings is 2. The summed E-state index contributed by atoms with van der Waals surface area (Å²) in [7, 11) is 0. The lowest BCUT2D eigenvalue weighted by atomic mass is 10.0. The van der Waals surface area contributed by atoms with Gasteiger partial charge >= 0.3 is 0 Å². The van der Waals surface area contributed by atoms with Crippen molar-refractivity contribution in [2.75, 3.05) is 32.8 Å². The molecule has 0 aliphatic rings. The first kappa shape index (κ1) is 25.3. The van der Waals surface area contributed by atoms with Crippen LogP contribution in [0.1, 0.15) is 35.4 Å². The summed E-state index contributed by atoms with van der Waals surface area (Å²) in [5.41, 5.74) is 1.34. The molecule has 0 bridgehead atoms. The van der Waals surface area contributed by atoms with E-state index >= 15 is 0 Å². The Balaban J connectivity index is 1.74. The van der Waals surface area contributed by atoms with Crippen molar-refractivity contribution in [2.24, 2.45) is 0 Å². The molecule has 0 radical (unpaired) electrons. The molecule has 0 fully saturated rings. The molecule has 172 valence electrons. The molecule has 0 saturated heterocycles. The smallest absolute Gasteiger partial charge is 0.164 e. The van der Waals surface area contributed by atoms with Crippen molar-refractivity contribution < 1.29 is 19.7 Å². The highest BCUT2D eigenvalue weighted by Crippen LogP contribution is 2.19. The van der Waals surface area contributed by atoms with Crippen LogP contribution in [0.4, 0.5) is 0 Å². The Morgan fingerprint density at radius 3 is 2.31 bits per heavy atom. The van der Waals surface area contributed by atoms with Crippen molar-refractivity contribution in [3.8, 4) is 11.5 Å². The van der Waals surface area contributed by atoms with Gasteiger partial charge in [-0.3, -0.25) is 9.69 Å². The van der Waals surface area contributed by atoms with Crippen LogP contribution in [0, 0.1) is 0 Å². The van der Waals surface area contributed by atoms with Gasteiger partial charge in [0.05, 0.1) is 6.10 Å². The highest BCUT2D eigenvalue weighted by molar-refractivity contribution is 5.96. The maximum atomic E-state index is 12.5. The number of ketones is 1. The van der Waals surface area contributed by atoms with Crippen LogP contribution in [0.15, 0.2) is 73.8 Å². The van der Waals surface area contributed by atoms with E-state index in [2.05, 4.69) is 23.4 Å². The maximum Gasteiger partial charge on any atom is 0.164 e. The van der Waals surface area contributed by atoms with Crippen LogP contribution in [-0.2, 0) is 0 Å². The lowest BCUT2D eigenvalue weighted by molar-refractivity contribution is 0.0972. The molecule has 0 aliphatic heterocycles. The van der Waals surface area contributed by atoms with Gasteiger partial charge in [-0.15, -0.1) is 13.2 Å². The fourth-order valence-electron chi connectivity index (χ4n) is 3.28. The van der Waals surface area contributed by atoms with Gasteiger partial charge in [0.15, 0.2) is 5.78 Å². The van der Waals surface area contributed by atoms with E-state index in [1.165, 1.54) is 0 Å². The largest absolute Gasteiger partial charge is 0.508 e. The Bertz CT molecular complexity index is 839. The topological polar surface area (TPSA) is 82.0 Å². The zero-order valence-electron chi connectivity index (χ0n) is 18.7. The minimum Gasteiger partial charge on any atom is -0.508 e. The van der Waals surface area contributed by atoms with E-state index in [0.717, 1.165) is 25.4 Å². The molecule has 0 aliphatic carbocycles. The Morgan fingerprint density at radius 1 is 1.09 bits per heavy atom. The van der Waals surface area contributed by atoms with Crippen molar-refractivity contribution in [2.45, 2.75) is 25.5 Å². The molecule has 2 aromatic rings. The molecule has 0 heterocycles. The number of carbonyl (C=O) groups is 1. The number of hydrogen-bond donors (Lipinski definition) is 3. The number of phenolic OH excluding ortho intramolecular Hbond substituents is 1. The molecule has 0 aromatic heterocycles. The van der Waals surface area contributed by atoms with Crippen molar-refractivity contribution in [1.82, 2.24) is 10.2 Å². The van der Waals surface area contributed by atoms with Gasteiger partial charge in [0, 0.05) is 44.2 Å². The number of aliphatic hydroxyl groups excluding tert-OH is 1. The molecule has 2 rings (SSSR count). The quantitative estimate of drug-likeness (QED) is 0.290. The monoisotopic (exact) mass is 438 g/mol. The van der Waals surface area contributed by atoms with Gasteiger partial charge in [-0.05, 0) is 48.9 Å². The van der Waals surface area contributed by atoms with E-state index in [0.29, 0.717) is 30.7 Å². The average molecular weight is 439 g/mol. The van der Waals surface area contributed by atoms with E-state index in [4.69, 9.17) is 4.74 Å². The Labute approximate surface area is 190 Å². The number of phenols is 1. The van der Waals surface area contributed by atoms with Crippen LogP contribution in [0.3, 0.4) is 0 Å². The van der Waals surface area contributed by atoms with Crippen LogP contribution in [0.5, 0.6) is 11.5 Å². The molecule has 0 spiro atoms. The second-order valence-electron chi connectivity index (χ2n) is 7.66. The molecule has 3 N–H and O–H groups in total. The predicted octanol–water partition coefficient (Wildman–Crippen LogP) is 3.73. The van der Waals surface area contributed by atoms with Crippen LogP contribution in [0.25, 0.3) is 0 Å². The third-order valence-electron chi connectivity index (χ3n) is 5.15. The fourth-order valence-corrected chi connectivity index (χ4v) is 3.28. The number of ether oxygens (including phenoxy) is 1. The molecular formula is C26H34N2O4. The number of aromatic hydroxyl groups is 1. The lowest BCUT2D eigenvalue weighted by Gasteiger charge is -2.20. The van der Waals surface area contributed by atoms with Crippen molar-refractivity contribution >= 4 is 5.78 Å². The summed E-state index contributed by atoms with van der Waals surface area (Å²) in [5, 5.41) is 22.9. The van der Waals surface area contributed by atoms with Crippen LogP contribution < -0.4 is 10.1 Å². The Kier molecular flexibility index (Phi) is 10.7. The SMILES string of the molecule is C=CCN(CC=C)CCOc1ccc(C(=O)CCNC(C)C(O)c2ccc(O)cc2)cc1. The average Bonchev–Trinajstić information content (AvgIpc) is 2.79. The molecule has 2 aromatic carbocycles. The van der Waals surface area contributed by atoms with Gasteiger partial charge in [0.1, 0.15) is 18.1 Å². The number of aliphatic hydroxyl groups is 1. The van der Waals surface area contributed by atoms with Crippen LogP contribution in [-0.4, -0.2) is 59.7 Å². The summed E-state index contributed by atoms with van der Waals surface area (Å²) in [6.07, 6.45) is 3.31. The van der Waals surface area contributed by atoms with E-state index in [1.54, 1.807) is 36.4 Å². The summed E-state index contributed by atoms with van der Waals surface area (Å²) in [6.45, 7) is 12.7. The van der Waals surface area contributed by atoms with E-state index in [-0.39, 0.29) is 17.6 Å².